The second-order valence-corrected chi connectivity index (χ2v) is 12.5. The van der Waals surface area contributed by atoms with Crippen molar-refractivity contribution < 1.29 is 24.2 Å². The number of aliphatic hydroxyl groups excluding tert-OH is 1. The Morgan fingerprint density at radius 1 is 1.00 bits per heavy atom. The van der Waals surface area contributed by atoms with Crippen LogP contribution in [0.25, 0.3) is 0 Å². The molecule has 0 unspecified atom stereocenters. The molecule has 1 saturated carbocycles. The normalized spacial score (nSPS) is 16.5. The summed E-state index contributed by atoms with van der Waals surface area (Å²) in [6.45, 7) is 8.83. The number of imidazole rings is 1. The summed E-state index contributed by atoms with van der Waals surface area (Å²) in [4.78, 5) is 49.2. The maximum absolute atomic E-state index is 13.9. The first kappa shape index (κ1) is 35.1. The lowest BCUT2D eigenvalue weighted by Gasteiger charge is -2.32. The Bertz CT molecular complexity index is 1120. The van der Waals surface area contributed by atoms with E-state index in [1.165, 1.54) is 30.5 Å². The summed E-state index contributed by atoms with van der Waals surface area (Å²) < 4.78 is 5.73. The zero-order valence-electron chi connectivity index (χ0n) is 27.0. The molecule has 10 nitrogen and oxygen atoms in total. The monoisotopic (exact) mass is 611 g/mol. The summed E-state index contributed by atoms with van der Waals surface area (Å²) >= 11 is 0. The van der Waals surface area contributed by atoms with E-state index in [0.717, 1.165) is 24.8 Å². The number of ether oxygens (including phenoxy) is 1. The van der Waals surface area contributed by atoms with E-state index < -0.39 is 36.3 Å². The molecule has 0 aliphatic heterocycles. The molecule has 0 radical (unpaired) electrons. The van der Waals surface area contributed by atoms with E-state index in [4.69, 9.17) is 4.74 Å². The minimum Gasteiger partial charge on any atom is -0.436 e. The molecule has 4 atom stereocenters. The van der Waals surface area contributed by atoms with E-state index >= 15 is 0 Å². The third-order valence-electron chi connectivity index (χ3n) is 8.58. The first-order valence-corrected chi connectivity index (χ1v) is 16.5. The molecule has 1 aromatic carbocycles. The molecule has 0 bridgehead atoms. The molecule has 0 saturated heterocycles. The number of aromatic amines is 1. The molecule has 3 rings (SSSR count). The summed E-state index contributed by atoms with van der Waals surface area (Å²) in [5, 5.41) is 17.2. The molecular formula is C34H53N5O5. The lowest BCUT2D eigenvalue weighted by Crippen LogP contribution is -2.56. The van der Waals surface area contributed by atoms with Crippen molar-refractivity contribution in [2.45, 2.75) is 116 Å². The molecule has 244 valence electrons. The highest BCUT2D eigenvalue weighted by atomic mass is 16.6. The van der Waals surface area contributed by atoms with Crippen LogP contribution < -0.4 is 10.6 Å². The maximum atomic E-state index is 13.9. The van der Waals surface area contributed by atoms with Crippen molar-refractivity contribution in [2.24, 2.45) is 11.8 Å². The quantitative estimate of drug-likeness (QED) is 0.203. The number of carbonyl (C=O) groups is 3. The van der Waals surface area contributed by atoms with Gasteiger partial charge in [0, 0.05) is 37.8 Å². The second-order valence-electron chi connectivity index (χ2n) is 12.5. The topological polar surface area (TPSA) is 137 Å². The fraction of sp³-hybridized carbons (Fsp3) is 0.647. The van der Waals surface area contributed by atoms with Crippen LogP contribution in [0.3, 0.4) is 0 Å². The Morgan fingerprint density at radius 2 is 1.70 bits per heavy atom. The van der Waals surface area contributed by atoms with Crippen LogP contribution in [0.1, 0.15) is 90.3 Å². The molecule has 1 aliphatic carbocycles. The zero-order chi connectivity index (χ0) is 31.9. The number of benzene rings is 1. The van der Waals surface area contributed by atoms with Crippen LogP contribution in [0.2, 0.25) is 0 Å². The summed E-state index contributed by atoms with van der Waals surface area (Å²) in [5.74, 6) is -0.0639. The van der Waals surface area contributed by atoms with E-state index in [1.54, 1.807) is 6.20 Å². The zero-order valence-corrected chi connectivity index (χ0v) is 27.0. The molecule has 1 heterocycles. The van der Waals surface area contributed by atoms with Crippen molar-refractivity contribution in [3.8, 4) is 0 Å². The molecule has 4 N–H and O–H groups in total. The van der Waals surface area contributed by atoms with Crippen molar-refractivity contribution in [1.82, 2.24) is 25.5 Å². The average Bonchev–Trinajstić information content (AvgIpc) is 3.53. The predicted octanol–water partition coefficient (Wildman–Crippen LogP) is 4.78. The number of nitrogens with zero attached hydrogens (tertiary/aromatic N) is 2. The highest BCUT2D eigenvalue weighted by Crippen LogP contribution is 2.29. The summed E-state index contributed by atoms with van der Waals surface area (Å²) in [5.41, 5.74) is 1.50. The average molecular weight is 612 g/mol. The van der Waals surface area contributed by atoms with Crippen LogP contribution in [0, 0.1) is 11.8 Å². The van der Waals surface area contributed by atoms with Crippen LogP contribution in [-0.4, -0.2) is 75.3 Å². The number of hydrogen-bond donors (Lipinski definition) is 4. The van der Waals surface area contributed by atoms with Gasteiger partial charge in [0.25, 0.3) is 5.91 Å². The third-order valence-corrected chi connectivity index (χ3v) is 8.58. The fourth-order valence-corrected chi connectivity index (χ4v) is 5.87. The lowest BCUT2D eigenvalue weighted by molar-refractivity contribution is -0.135. The van der Waals surface area contributed by atoms with Gasteiger partial charge in [0.1, 0.15) is 6.04 Å². The van der Waals surface area contributed by atoms with Crippen LogP contribution >= 0.6 is 0 Å². The van der Waals surface area contributed by atoms with Gasteiger partial charge in [-0.05, 0) is 50.5 Å². The summed E-state index contributed by atoms with van der Waals surface area (Å²) in [6, 6.07) is 7.95. The van der Waals surface area contributed by atoms with Gasteiger partial charge in [0.2, 0.25) is 5.91 Å². The SMILES string of the molecule is CCN(CC)C(=O)O[C@@H](Cc1ccccc1)C(=O)N[C@@H](Cc1cnc[nH]1)C(=O)N[C@@H](CC1CCCCC1)[C@@H](O)CCC(C)C. The van der Waals surface area contributed by atoms with Crippen molar-refractivity contribution in [1.29, 1.82) is 0 Å². The highest BCUT2D eigenvalue weighted by molar-refractivity contribution is 5.90. The Balaban J connectivity index is 1.81. The fourth-order valence-electron chi connectivity index (χ4n) is 5.87. The van der Waals surface area contributed by atoms with Gasteiger partial charge in [-0.2, -0.15) is 0 Å². The van der Waals surface area contributed by atoms with Gasteiger partial charge in [-0.15, -0.1) is 0 Å². The first-order chi connectivity index (χ1) is 21.2. The van der Waals surface area contributed by atoms with Crippen LogP contribution in [0.5, 0.6) is 0 Å². The van der Waals surface area contributed by atoms with Crippen molar-refractivity contribution >= 4 is 17.9 Å². The summed E-state index contributed by atoms with van der Waals surface area (Å²) in [7, 11) is 0. The van der Waals surface area contributed by atoms with Crippen LogP contribution in [0.4, 0.5) is 4.79 Å². The molecule has 0 spiro atoms. The van der Waals surface area contributed by atoms with Gasteiger partial charge in [-0.1, -0.05) is 76.3 Å². The van der Waals surface area contributed by atoms with Crippen LogP contribution in [-0.2, 0) is 27.2 Å². The molecule has 1 aromatic heterocycles. The van der Waals surface area contributed by atoms with E-state index in [1.807, 2.05) is 44.2 Å². The molecule has 44 heavy (non-hydrogen) atoms. The number of aliphatic hydroxyl groups is 1. The smallest absolute Gasteiger partial charge is 0.410 e. The molecule has 10 heteroatoms. The van der Waals surface area contributed by atoms with Gasteiger partial charge in [0.05, 0.1) is 18.5 Å². The summed E-state index contributed by atoms with van der Waals surface area (Å²) in [6.07, 6.45) is 8.95. The highest BCUT2D eigenvalue weighted by Gasteiger charge is 2.33. The number of H-pyrrole nitrogens is 1. The van der Waals surface area contributed by atoms with E-state index in [0.29, 0.717) is 43.5 Å². The predicted molar refractivity (Wildman–Crippen MR) is 171 cm³/mol. The van der Waals surface area contributed by atoms with Gasteiger partial charge >= 0.3 is 6.09 Å². The molecule has 1 aliphatic rings. The first-order valence-electron chi connectivity index (χ1n) is 16.5. The minimum atomic E-state index is -1.14. The Morgan fingerprint density at radius 3 is 2.32 bits per heavy atom. The van der Waals surface area contributed by atoms with Gasteiger partial charge in [0.15, 0.2) is 6.10 Å². The number of carbonyl (C=O) groups excluding carboxylic acids is 3. The minimum absolute atomic E-state index is 0.163. The van der Waals surface area contributed by atoms with Crippen LogP contribution in [0.15, 0.2) is 42.9 Å². The third kappa shape index (κ3) is 11.6. The van der Waals surface area contributed by atoms with Crippen molar-refractivity contribution in [3.05, 3.63) is 54.1 Å². The number of rotatable bonds is 17. The van der Waals surface area contributed by atoms with E-state index in [-0.39, 0.29) is 18.7 Å². The number of amides is 3. The molecular weight excluding hydrogens is 558 g/mol. The van der Waals surface area contributed by atoms with Crippen molar-refractivity contribution in [2.75, 3.05) is 13.1 Å². The Labute approximate surface area is 262 Å². The molecule has 3 amide bonds. The maximum Gasteiger partial charge on any atom is 0.410 e. The van der Waals surface area contributed by atoms with Gasteiger partial charge in [-0.3, -0.25) is 9.59 Å². The second kappa shape index (κ2) is 18.4. The van der Waals surface area contributed by atoms with E-state index in [9.17, 15) is 19.5 Å². The standard InChI is InChI=1S/C34H53N5O5/c1-5-39(6-2)34(43)44-31(20-26-15-11-8-12-16-26)33(42)38-29(21-27-22-35-23-36-27)32(41)37-28(30(40)18-17-24(3)4)19-25-13-9-7-10-14-25/h8,11-12,15-16,22-25,28-31,40H,5-7,9-10,13-14,17-21H2,1-4H3,(H,35,36)(H,37,41)(H,38,42)/t28-,29-,30-,31-/m0/s1. The van der Waals surface area contributed by atoms with E-state index in [2.05, 4.69) is 34.4 Å². The number of aromatic nitrogens is 2. The lowest BCUT2D eigenvalue weighted by atomic mass is 9.83. The van der Waals surface area contributed by atoms with Gasteiger partial charge < -0.3 is 30.4 Å². The molecule has 1 fully saturated rings. The Kier molecular flexibility index (Phi) is 14.7. The van der Waals surface area contributed by atoms with Crippen molar-refractivity contribution in [3.63, 3.8) is 0 Å². The largest absolute Gasteiger partial charge is 0.436 e. The Hall–Kier alpha value is -3.40. The number of nitrogens with one attached hydrogen (secondary N) is 3. The molecule has 2 aromatic rings. The van der Waals surface area contributed by atoms with Gasteiger partial charge in [-0.25, -0.2) is 9.78 Å². The number of hydrogen-bond acceptors (Lipinski definition) is 6.